The van der Waals surface area contributed by atoms with Crippen LogP contribution in [0.2, 0.25) is 0 Å². The van der Waals surface area contributed by atoms with E-state index in [0.29, 0.717) is 11.6 Å². The van der Waals surface area contributed by atoms with Crippen molar-refractivity contribution >= 4 is 55.9 Å². The number of amides is 2. The Labute approximate surface area is 206 Å². The first kappa shape index (κ1) is 23.8. The Morgan fingerprint density at radius 3 is 2.62 bits per heavy atom. The number of anilines is 2. The van der Waals surface area contributed by atoms with Gasteiger partial charge in [-0.15, -0.1) is 11.8 Å². The first-order valence-corrected chi connectivity index (χ1v) is 12.6. The van der Waals surface area contributed by atoms with Gasteiger partial charge in [0.25, 0.3) is 0 Å². The molecule has 0 bridgehead atoms. The summed E-state index contributed by atoms with van der Waals surface area (Å²) in [6.45, 7) is 1.97. The maximum absolute atomic E-state index is 13.4. The summed E-state index contributed by atoms with van der Waals surface area (Å²) in [6, 6.07) is 22.8. The van der Waals surface area contributed by atoms with E-state index in [4.69, 9.17) is 4.74 Å². The average Bonchev–Trinajstić information content (AvgIpc) is 3.24. The Balaban J connectivity index is 1.56. The average molecular weight is 492 g/mol. The number of ether oxygens (including phenoxy) is 1. The smallest absolute Gasteiger partial charge is 0.244 e. The molecule has 0 spiro atoms. The van der Waals surface area contributed by atoms with Gasteiger partial charge in [-0.25, -0.2) is 4.98 Å². The van der Waals surface area contributed by atoms with Crippen molar-refractivity contribution in [3.05, 3.63) is 78.4 Å². The molecule has 34 heavy (non-hydrogen) atoms. The zero-order chi connectivity index (χ0) is 23.9. The van der Waals surface area contributed by atoms with Crippen molar-refractivity contribution in [2.75, 3.05) is 17.7 Å². The lowest BCUT2D eigenvalue weighted by Crippen LogP contribution is -2.19. The van der Waals surface area contributed by atoms with Crippen molar-refractivity contribution in [2.24, 2.45) is 0 Å². The summed E-state index contributed by atoms with van der Waals surface area (Å²) in [7, 11) is 1.62. The van der Waals surface area contributed by atoms with Crippen LogP contribution in [0.3, 0.4) is 0 Å². The van der Waals surface area contributed by atoms with Gasteiger partial charge in [-0.1, -0.05) is 54.7 Å². The number of benzene rings is 3. The molecule has 4 rings (SSSR count). The van der Waals surface area contributed by atoms with Gasteiger partial charge in [0.15, 0.2) is 5.13 Å². The number of nitrogens with one attached hydrogen (secondary N) is 2. The molecule has 1 heterocycles. The summed E-state index contributed by atoms with van der Waals surface area (Å²) < 4.78 is 6.22. The first-order chi connectivity index (χ1) is 16.6. The lowest BCUT2D eigenvalue weighted by Gasteiger charge is -2.17. The minimum Gasteiger partial charge on any atom is -0.497 e. The van der Waals surface area contributed by atoms with Crippen LogP contribution in [0.5, 0.6) is 5.75 Å². The molecular weight excluding hydrogens is 466 g/mol. The molecule has 0 aliphatic heterocycles. The van der Waals surface area contributed by atoms with Crippen LogP contribution >= 0.6 is 23.1 Å². The van der Waals surface area contributed by atoms with Gasteiger partial charge >= 0.3 is 0 Å². The lowest BCUT2D eigenvalue weighted by molar-refractivity contribution is -0.116. The summed E-state index contributed by atoms with van der Waals surface area (Å²) in [4.78, 5) is 30.8. The minimum absolute atomic E-state index is 0.0190. The Hall–Kier alpha value is -3.36. The normalized spacial score (nSPS) is 11.7. The maximum Gasteiger partial charge on any atom is 0.244 e. The van der Waals surface area contributed by atoms with E-state index in [-0.39, 0.29) is 11.8 Å². The highest BCUT2D eigenvalue weighted by Crippen LogP contribution is 2.38. The quantitative estimate of drug-likeness (QED) is 0.261. The molecule has 3 aromatic carbocycles. The zero-order valence-corrected chi connectivity index (χ0v) is 20.5. The van der Waals surface area contributed by atoms with Gasteiger partial charge in [-0.2, -0.15) is 0 Å². The van der Waals surface area contributed by atoms with E-state index < -0.39 is 5.25 Å². The third-order valence-electron chi connectivity index (χ3n) is 5.01. The molecule has 0 saturated carbocycles. The molecule has 6 nitrogen and oxygen atoms in total. The molecular formula is C26H25N3O3S2. The summed E-state index contributed by atoms with van der Waals surface area (Å²) in [5.74, 6) is 0.565. The topological polar surface area (TPSA) is 80.3 Å². The van der Waals surface area contributed by atoms with Crippen LogP contribution in [-0.4, -0.2) is 23.9 Å². The molecule has 2 amide bonds. The molecule has 1 aromatic heterocycles. The van der Waals surface area contributed by atoms with Crippen LogP contribution in [0.15, 0.2) is 77.7 Å². The van der Waals surface area contributed by atoms with Gasteiger partial charge < -0.3 is 15.4 Å². The molecule has 0 aliphatic rings. The van der Waals surface area contributed by atoms with Gasteiger partial charge in [0, 0.05) is 17.0 Å². The summed E-state index contributed by atoms with van der Waals surface area (Å²) in [5.41, 5.74) is 2.41. The first-order valence-electron chi connectivity index (χ1n) is 10.9. The van der Waals surface area contributed by atoms with Crippen LogP contribution in [0.1, 0.15) is 30.6 Å². The van der Waals surface area contributed by atoms with Crippen LogP contribution in [0, 0.1) is 0 Å². The standard InChI is InChI=1S/C26H25N3O3S2/c1-3-8-23(30)27-18-11-7-12-20(15-18)33-24(17-9-5-4-6-10-17)25(31)29-26-28-21-14-13-19(32-2)16-22(21)34-26/h4-7,9-16,24H,3,8H2,1-2H3,(H,27,30)(H,28,29,31). The molecule has 1 unspecified atom stereocenters. The van der Waals surface area contributed by atoms with Gasteiger partial charge in [-0.3, -0.25) is 9.59 Å². The molecule has 0 radical (unpaired) electrons. The van der Waals surface area contributed by atoms with Crippen molar-refractivity contribution in [1.29, 1.82) is 0 Å². The number of aromatic nitrogens is 1. The molecule has 0 fully saturated rings. The van der Waals surface area contributed by atoms with Crippen molar-refractivity contribution in [2.45, 2.75) is 29.9 Å². The van der Waals surface area contributed by atoms with E-state index in [2.05, 4.69) is 15.6 Å². The second-order valence-corrected chi connectivity index (χ2v) is 9.79. The molecule has 4 aromatic rings. The Kier molecular flexibility index (Phi) is 7.82. The second-order valence-electron chi connectivity index (χ2n) is 7.58. The number of carbonyl (C=O) groups excluding carboxylic acids is 2. The number of thiazole rings is 1. The number of carbonyl (C=O) groups is 2. The summed E-state index contributed by atoms with van der Waals surface area (Å²) in [5, 5.41) is 5.95. The number of hydrogen-bond donors (Lipinski definition) is 2. The number of nitrogens with zero attached hydrogens (tertiary/aromatic N) is 1. The molecule has 8 heteroatoms. The van der Waals surface area contributed by atoms with Crippen molar-refractivity contribution < 1.29 is 14.3 Å². The van der Waals surface area contributed by atoms with E-state index in [9.17, 15) is 9.59 Å². The van der Waals surface area contributed by atoms with E-state index >= 15 is 0 Å². The fourth-order valence-electron chi connectivity index (χ4n) is 3.39. The van der Waals surface area contributed by atoms with Crippen molar-refractivity contribution in [1.82, 2.24) is 4.98 Å². The Bertz CT molecular complexity index is 1290. The van der Waals surface area contributed by atoms with Crippen LogP contribution in [0.4, 0.5) is 10.8 Å². The van der Waals surface area contributed by atoms with Gasteiger partial charge in [0.2, 0.25) is 11.8 Å². The molecule has 0 saturated heterocycles. The molecule has 1 atom stereocenters. The number of rotatable bonds is 9. The van der Waals surface area contributed by atoms with Crippen molar-refractivity contribution in [3.63, 3.8) is 0 Å². The molecule has 2 N–H and O–H groups in total. The molecule has 0 aliphatic carbocycles. The molecule has 174 valence electrons. The lowest BCUT2D eigenvalue weighted by atomic mass is 10.1. The van der Waals surface area contributed by atoms with E-state index in [1.54, 1.807) is 7.11 Å². The van der Waals surface area contributed by atoms with Crippen LogP contribution in [-0.2, 0) is 9.59 Å². The third kappa shape index (κ3) is 5.95. The predicted octanol–water partition coefficient (Wildman–Crippen LogP) is 6.52. The predicted molar refractivity (Wildman–Crippen MR) is 140 cm³/mol. The largest absolute Gasteiger partial charge is 0.497 e. The van der Waals surface area contributed by atoms with Gasteiger partial charge in [0.05, 0.1) is 17.3 Å². The van der Waals surface area contributed by atoms with Gasteiger partial charge in [0.1, 0.15) is 11.0 Å². The number of hydrogen-bond acceptors (Lipinski definition) is 6. The fraction of sp³-hybridized carbons (Fsp3) is 0.192. The number of thioether (sulfide) groups is 1. The van der Waals surface area contributed by atoms with Crippen LogP contribution < -0.4 is 15.4 Å². The van der Waals surface area contributed by atoms with Gasteiger partial charge in [-0.05, 0) is 48.4 Å². The highest BCUT2D eigenvalue weighted by Gasteiger charge is 2.23. The van der Waals surface area contributed by atoms with Crippen molar-refractivity contribution in [3.8, 4) is 5.75 Å². The zero-order valence-electron chi connectivity index (χ0n) is 18.9. The summed E-state index contributed by atoms with van der Waals surface area (Å²) in [6.07, 6.45) is 1.26. The number of methoxy groups -OCH3 is 1. The SMILES string of the molecule is CCCC(=O)Nc1cccc(SC(C(=O)Nc2nc3ccc(OC)cc3s2)c2ccccc2)c1. The summed E-state index contributed by atoms with van der Waals surface area (Å²) >= 11 is 2.84. The van der Waals surface area contributed by atoms with E-state index in [1.165, 1.54) is 23.1 Å². The van der Waals surface area contributed by atoms with E-state index in [0.717, 1.165) is 38.5 Å². The minimum atomic E-state index is -0.496. The highest BCUT2D eigenvalue weighted by molar-refractivity contribution is 8.00. The monoisotopic (exact) mass is 491 g/mol. The highest BCUT2D eigenvalue weighted by atomic mass is 32.2. The van der Waals surface area contributed by atoms with Crippen LogP contribution in [0.25, 0.3) is 10.2 Å². The Morgan fingerprint density at radius 2 is 1.85 bits per heavy atom. The maximum atomic E-state index is 13.4. The fourth-order valence-corrected chi connectivity index (χ4v) is 5.37. The Morgan fingerprint density at radius 1 is 1.03 bits per heavy atom. The third-order valence-corrected chi connectivity index (χ3v) is 7.20. The second kappa shape index (κ2) is 11.2. The van der Waals surface area contributed by atoms with E-state index in [1.807, 2.05) is 79.7 Å². The number of fused-ring (bicyclic) bond motifs is 1.